The summed E-state index contributed by atoms with van der Waals surface area (Å²) in [5.41, 5.74) is 1.09. The van der Waals surface area contributed by atoms with E-state index in [9.17, 15) is 8.42 Å². The fourth-order valence-corrected chi connectivity index (χ4v) is 4.84. The van der Waals surface area contributed by atoms with E-state index < -0.39 is 9.84 Å². The largest absolute Gasteiger partial charge is 0.305 e. The number of rotatable bonds is 2. The highest BCUT2D eigenvalue weighted by Crippen LogP contribution is 2.28. The summed E-state index contributed by atoms with van der Waals surface area (Å²) < 4.78 is 24.2. The van der Waals surface area contributed by atoms with Crippen molar-refractivity contribution in [2.75, 3.05) is 11.5 Å². The van der Waals surface area contributed by atoms with Gasteiger partial charge in [-0.2, -0.15) is 0 Å². The Labute approximate surface area is 119 Å². The second kappa shape index (κ2) is 5.19. The molecule has 2 unspecified atom stereocenters. The van der Waals surface area contributed by atoms with Gasteiger partial charge in [-0.3, -0.25) is 0 Å². The lowest BCUT2D eigenvalue weighted by molar-refractivity contribution is 0.441. The minimum atomic E-state index is -2.97. The lowest BCUT2D eigenvalue weighted by Gasteiger charge is -2.31. The van der Waals surface area contributed by atoms with Crippen molar-refractivity contribution in [2.24, 2.45) is 0 Å². The molecule has 0 aromatic heterocycles. The van der Waals surface area contributed by atoms with E-state index in [-0.39, 0.29) is 23.6 Å². The zero-order valence-corrected chi connectivity index (χ0v) is 12.4. The first-order valence-corrected chi connectivity index (χ1v) is 8.85. The first kappa shape index (κ1) is 13.6. The second-order valence-corrected chi connectivity index (χ2v) is 7.62. The van der Waals surface area contributed by atoms with Crippen LogP contribution in [-0.2, 0) is 9.84 Å². The fraction of sp³-hybridized carbons (Fsp3) is 0.375. The number of nitrogens with one attached hydrogen (secondary N) is 1. The molecule has 2 atom stereocenters. The van der Waals surface area contributed by atoms with E-state index >= 15 is 0 Å². The molecule has 106 valence electrons. The second-order valence-electron chi connectivity index (χ2n) is 5.47. The molecule has 1 aliphatic heterocycles. The van der Waals surface area contributed by atoms with E-state index in [0.717, 1.165) is 22.8 Å². The van der Waals surface area contributed by atoms with Gasteiger partial charge in [0, 0.05) is 12.1 Å². The van der Waals surface area contributed by atoms with E-state index in [1.54, 1.807) is 0 Å². The molecule has 1 saturated heterocycles. The van der Waals surface area contributed by atoms with Crippen LogP contribution >= 0.6 is 0 Å². The molecule has 20 heavy (non-hydrogen) atoms. The topological polar surface area (TPSA) is 46.2 Å². The van der Waals surface area contributed by atoms with Gasteiger partial charge in [-0.1, -0.05) is 49.4 Å². The molecule has 1 fully saturated rings. The van der Waals surface area contributed by atoms with Crippen molar-refractivity contribution in [3.05, 3.63) is 48.0 Å². The van der Waals surface area contributed by atoms with Crippen LogP contribution < -0.4 is 5.32 Å². The summed E-state index contributed by atoms with van der Waals surface area (Å²) in [6.45, 7) is 2.03. The van der Waals surface area contributed by atoms with Crippen LogP contribution in [0.5, 0.6) is 0 Å². The van der Waals surface area contributed by atoms with Gasteiger partial charge >= 0.3 is 0 Å². The minimum absolute atomic E-state index is 0.0534. The van der Waals surface area contributed by atoms with Crippen molar-refractivity contribution in [3.8, 4) is 0 Å². The Bertz CT molecular complexity index is 719. The van der Waals surface area contributed by atoms with Crippen LogP contribution in [0.2, 0.25) is 0 Å². The molecule has 0 bridgehead atoms. The molecule has 1 aliphatic rings. The van der Waals surface area contributed by atoms with Crippen LogP contribution in [0.15, 0.2) is 42.5 Å². The molecule has 0 radical (unpaired) electrons. The van der Waals surface area contributed by atoms with Crippen LogP contribution in [0.3, 0.4) is 0 Å². The van der Waals surface area contributed by atoms with Crippen molar-refractivity contribution in [1.29, 1.82) is 0 Å². The maximum Gasteiger partial charge on any atom is 0.153 e. The molecule has 4 heteroatoms. The average Bonchev–Trinajstić information content (AvgIpc) is 2.45. The quantitative estimate of drug-likeness (QED) is 0.924. The van der Waals surface area contributed by atoms with Gasteiger partial charge in [0.15, 0.2) is 9.84 Å². The predicted octanol–water partition coefficient (Wildman–Crippen LogP) is 2.68. The Kier molecular flexibility index (Phi) is 3.52. The lowest BCUT2D eigenvalue weighted by atomic mass is 9.99. The SMILES string of the molecule is CCC1CS(=O)(=O)CC(c2cccc3ccccc23)N1. The fourth-order valence-electron chi connectivity index (χ4n) is 2.98. The maximum absolute atomic E-state index is 12.1. The third-order valence-electron chi connectivity index (χ3n) is 4.00. The monoisotopic (exact) mass is 289 g/mol. The van der Waals surface area contributed by atoms with Crippen LogP contribution in [0.25, 0.3) is 10.8 Å². The summed E-state index contributed by atoms with van der Waals surface area (Å²) in [7, 11) is -2.97. The Morgan fingerprint density at radius 3 is 2.65 bits per heavy atom. The van der Waals surface area contributed by atoms with Crippen molar-refractivity contribution in [1.82, 2.24) is 5.32 Å². The van der Waals surface area contributed by atoms with Crippen LogP contribution in [-0.4, -0.2) is 26.0 Å². The van der Waals surface area contributed by atoms with Crippen molar-refractivity contribution >= 4 is 20.6 Å². The summed E-state index contributed by atoms with van der Waals surface area (Å²) in [4.78, 5) is 0. The van der Waals surface area contributed by atoms with Gasteiger partial charge in [-0.25, -0.2) is 8.42 Å². The Morgan fingerprint density at radius 2 is 1.85 bits per heavy atom. The molecule has 1 N–H and O–H groups in total. The van der Waals surface area contributed by atoms with Crippen molar-refractivity contribution in [2.45, 2.75) is 25.4 Å². The number of hydrogen-bond acceptors (Lipinski definition) is 3. The van der Waals surface area contributed by atoms with Gasteiger partial charge in [0.1, 0.15) is 0 Å². The zero-order chi connectivity index (χ0) is 14.2. The number of sulfone groups is 1. The van der Waals surface area contributed by atoms with Gasteiger partial charge in [-0.15, -0.1) is 0 Å². The van der Waals surface area contributed by atoms with Crippen LogP contribution in [0, 0.1) is 0 Å². The average molecular weight is 289 g/mol. The highest BCUT2D eigenvalue weighted by atomic mass is 32.2. The standard InChI is InChI=1S/C16H19NO2S/c1-2-13-10-20(18,19)11-16(17-13)15-9-5-7-12-6-3-4-8-14(12)15/h3-9,13,16-17H,2,10-11H2,1H3. The number of hydrogen-bond donors (Lipinski definition) is 1. The molecule has 3 rings (SSSR count). The van der Waals surface area contributed by atoms with E-state index in [0.29, 0.717) is 0 Å². The number of benzene rings is 2. The molecule has 0 spiro atoms. The number of fused-ring (bicyclic) bond motifs is 1. The molecule has 3 nitrogen and oxygen atoms in total. The summed E-state index contributed by atoms with van der Waals surface area (Å²) in [6, 6.07) is 14.2. The first-order valence-electron chi connectivity index (χ1n) is 7.03. The highest BCUT2D eigenvalue weighted by Gasteiger charge is 2.31. The maximum atomic E-state index is 12.1. The Balaban J connectivity index is 2.06. The van der Waals surface area contributed by atoms with E-state index in [4.69, 9.17) is 0 Å². The smallest absolute Gasteiger partial charge is 0.153 e. The van der Waals surface area contributed by atoms with E-state index in [2.05, 4.69) is 23.5 Å². The molecule has 1 heterocycles. The molecule has 2 aromatic rings. The summed E-state index contributed by atoms with van der Waals surface area (Å²) in [5.74, 6) is 0.447. The Morgan fingerprint density at radius 1 is 1.10 bits per heavy atom. The minimum Gasteiger partial charge on any atom is -0.305 e. The zero-order valence-electron chi connectivity index (χ0n) is 11.5. The van der Waals surface area contributed by atoms with E-state index in [1.807, 2.05) is 31.2 Å². The third-order valence-corrected chi connectivity index (χ3v) is 5.76. The van der Waals surface area contributed by atoms with E-state index in [1.165, 1.54) is 0 Å². The predicted molar refractivity (Wildman–Crippen MR) is 82.6 cm³/mol. The molecular weight excluding hydrogens is 270 g/mol. The molecule has 0 saturated carbocycles. The van der Waals surface area contributed by atoms with Crippen LogP contribution in [0.1, 0.15) is 24.9 Å². The first-order chi connectivity index (χ1) is 9.59. The highest BCUT2D eigenvalue weighted by molar-refractivity contribution is 7.91. The summed E-state index contributed by atoms with van der Waals surface area (Å²) in [6.07, 6.45) is 0.834. The van der Waals surface area contributed by atoms with Crippen molar-refractivity contribution in [3.63, 3.8) is 0 Å². The van der Waals surface area contributed by atoms with Gasteiger partial charge in [0.05, 0.1) is 11.5 Å². The van der Waals surface area contributed by atoms with Crippen molar-refractivity contribution < 1.29 is 8.42 Å². The molecular formula is C16H19NO2S. The van der Waals surface area contributed by atoms with Gasteiger partial charge in [0.2, 0.25) is 0 Å². The molecule has 0 amide bonds. The van der Waals surface area contributed by atoms with Gasteiger partial charge in [-0.05, 0) is 22.8 Å². The normalized spacial score (nSPS) is 25.6. The molecule has 0 aliphatic carbocycles. The van der Waals surface area contributed by atoms with Gasteiger partial charge in [0.25, 0.3) is 0 Å². The lowest BCUT2D eigenvalue weighted by Crippen LogP contribution is -2.46. The summed E-state index contributed by atoms with van der Waals surface area (Å²) in [5, 5.41) is 5.78. The third kappa shape index (κ3) is 2.58. The summed E-state index contributed by atoms with van der Waals surface area (Å²) >= 11 is 0. The molecule has 2 aromatic carbocycles. The van der Waals surface area contributed by atoms with Gasteiger partial charge < -0.3 is 5.32 Å². The van der Waals surface area contributed by atoms with Crippen LogP contribution in [0.4, 0.5) is 0 Å². The Hall–Kier alpha value is -1.39.